The summed E-state index contributed by atoms with van der Waals surface area (Å²) < 4.78 is 19.7. The molecule has 4 heterocycles. The third-order valence-corrected chi connectivity index (χ3v) is 8.80. The maximum Gasteiger partial charge on any atom is 0.313 e. The average Bonchev–Trinajstić information content (AvgIpc) is 3.70. The fourth-order valence-corrected chi connectivity index (χ4v) is 6.41. The molecule has 3 aromatic heterocycles. The molecule has 1 fully saturated rings. The van der Waals surface area contributed by atoms with Gasteiger partial charge in [-0.3, -0.25) is 14.2 Å². The summed E-state index contributed by atoms with van der Waals surface area (Å²) in [6.45, 7) is 1.70. The molecule has 1 aliphatic rings. The predicted octanol–water partition coefficient (Wildman–Crippen LogP) is 3.11. The van der Waals surface area contributed by atoms with Crippen LogP contribution in [0.5, 0.6) is 5.75 Å². The highest BCUT2D eigenvalue weighted by Crippen LogP contribution is 2.45. The van der Waals surface area contributed by atoms with Gasteiger partial charge in [0.1, 0.15) is 35.9 Å². The number of benzene rings is 2. The van der Waals surface area contributed by atoms with Gasteiger partial charge in [0.05, 0.1) is 37.5 Å². The highest BCUT2D eigenvalue weighted by Gasteiger charge is 2.58. The van der Waals surface area contributed by atoms with Gasteiger partial charge in [0.25, 0.3) is 5.91 Å². The van der Waals surface area contributed by atoms with E-state index in [0.717, 1.165) is 0 Å². The second-order valence-electron chi connectivity index (χ2n) is 10.9. The molecule has 0 spiro atoms. The van der Waals surface area contributed by atoms with Crippen molar-refractivity contribution in [3.05, 3.63) is 88.5 Å². The molecule has 1 aliphatic heterocycles. The lowest BCUT2D eigenvalue weighted by Crippen LogP contribution is -2.40. The lowest BCUT2D eigenvalue weighted by Gasteiger charge is -2.25. The molecule has 6 rings (SSSR count). The lowest BCUT2D eigenvalue weighted by molar-refractivity contribution is -0.144. The number of nitrogens with zero attached hydrogens (tertiary/aromatic N) is 5. The molecule has 2 aromatic carbocycles. The number of carbonyl (C=O) groups is 2. The predicted molar refractivity (Wildman–Crippen MR) is 165 cm³/mol. The number of hydrogen-bond acceptors (Lipinski definition) is 11. The van der Waals surface area contributed by atoms with Crippen molar-refractivity contribution in [2.24, 2.45) is 0 Å². The Balaban J connectivity index is 1.46. The summed E-state index contributed by atoms with van der Waals surface area (Å²) in [6.07, 6.45) is -3.60. The Bertz CT molecular complexity index is 2030. The number of aromatic nitrogens is 4. The van der Waals surface area contributed by atoms with Crippen molar-refractivity contribution in [1.82, 2.24) is 19.2 Å². The van der Waals surface area contributed by atoms with Gasteiger partial charge in [-0.15, -0.1) is 0 Å². The maximum absolute atomic E-state index is 13.9. The number of ether oxygens (including phenoxy) is 3. The van der Waals surface area contributed by atoms with Crippen molar-refractivity contribution < 1.29 is 34.0 Å². The first-order valence-electron chi connectivity index (χ1n) is 14.2. The van der Waals surface area contributed by atoms with Crippen LogP contribution in [0.1, 0.15) is 39.6 Å². The minimum Gasteiger partial charge on any atom is -0.497 e. The minimum absolute atomic E-state index is 0.119. The number of anilines is 1. The van der Waals surface area contributed by atoms with E-state index in [1.54, 1.807) is 55.5 Å². The zero-order valence-electron chi connectivity index (χ0n) is 24.9. The molecule has 14 heteroatoms. The van der Waals surface area contributed by atoms with E-state index in [9.17, 15) is 25.1 Å². The molecule has 1 saturated heterocycles. The smallest absolute Gasteiger partial charge is 0.313 e. The van der Waals surface area contributed by atoms with Gasteiger partial charge in [0, 0.05) is 21.7 Å². The number of nitrogens with two attached hydrogens (primary N) is 1. The molecule has 0 bridgehead atoms. The number of carbonyl (C=O) groups excluding carboxylic acids is 2. The molecule has 0 saturated carbocycles. The van der Waals surface area contributed by atoms with E-state index in [1.807, 2.05) is 6.07 Å². The van der Waals surface area contributed by atoms with E-state index in [0.29, 0.717) is 44.0 Å². The molecule has 0 aliphatic carbocycles. The summed E-state index contributed by atoms with van der Waals surface area (Å²) >= 11 is 6.05. The fraction of sp³-hybridized carbons (Fsp3) is 0.281. The number of nitrogen functional groups attached to an aromatic ring is 1. The number of aliphatic hydroxyl groups excluding tert-OH is 2. The molecule has 4 N–H and O–H groups in total. The van der Waals surface area contributed by atoms with Crippen molar-refractivity contribution in [2.75, 3.05) is 20.0 Å². The molecular formula is C32H29ClN6O7. The molecule has 5 atom stereocenters. The zero-order valence-corrected chi connectivity index (χ0v) is 25.7. The Morgan fingerprint density at radius 2 is 1.87 bits per heavy atom. The average molecular weight is 645 g/mol. The van der Waals surface area contributed by atoms with E-state index in [2.05, 4.69) is 10.1 Å². The molecule has 46 heavy (non-hydrogen) atoms. The summed E-state index contributed by atoms with van der Waals surface area (Å²) in [5.74, 6) is -1.54. The van der Waals surface area contributed by atoms with E-state index in [-0.39, 0.29) is 23.8 Å². The zero-order chi connectivity index (χ0) is 32.9. The summed E-state index contributed by atoms with van der Waals surface area (Å²) in [7, 11) is 2.72. The summed E-state index contributed by atoms with van der Waals surface area (Å²) in [6, 6.07) is 16.6. The molecule has 1 unspecified atom stereocenters. The van der Waals surface area contributed by atoms with E-state index in [4.69, 9.17) is 31.5 Å². The van der Waals surface area contributed by atoms with Gasteiger partial charge < -0.3 is 30.2 Å². The molecule has 13 nitrogen and oxygen atoms in total. The van der Waals surface area contributed by atoms with Crippen LogP contribution >= 0.6 is 11.6 Å². The van der Waals surface area contributed by atoms with Gasteiger partial charge in [-0.1, -0.05) is 11.6 Å². The van der Waals surface area contributed by atoms with Crippen molar-refractivity contribution in [2.45, 2.75) is 43.2 Å². The van der Waals surface area contributed by atoms with Crippen molar-refractivity contribution in [3.8, 4) is 11.8 Å². The minimum atomic E-state index is -2.07. The highest BCUT2D eigenvalue weighted by atomic mass is 35.5. The summed E-state index contributed by atoms with van der Waals surface area (Å²) in [5.41, 5.74) is 6.11. The first kappa shape index (κ1) is 31.0. The summed E-state index contributed by atoms with van der Waals surface area (Å²) in [5, 5.41) is 38.1. The van der Waals surface area contributed by atoms with Crippen LogP contribution in [0.3, 0.4) is 0 Å². The largest absolute Gasteiger partial charge is 0.497 e. The number of fused-ring (bicyclic) bond motifs is 2. The van der Waals surface area contributed by atoms with Crippen LogP contribution in [-0.4, -0.2) is 73.8 Å². The number of hydrogen-bond donors (Lipinski definition) is 3. The van der Waals surface area contributed by atoms with Gasteiger partial charge in [-0.2, -0.15) is 10.4 Å². The Morgan fingerprint density at radius 3 is 2.54 bits per heavy atom. The third-order valence-electron chi connectivity index (χ3n) is 8.54. The van der Waals surface area contributed by atoms with Crippen LogP contribution < -0.4 is 10.5 Å². The maximum atomic E-state index is 13.9. The SMILES string of the molecule is COC(=O)C(C[C@H]1O[C@@](C#N)(c2ccc3c(N)ncnn23)[C@H](O)[C@@H]1O)c1c(C)n(C(=O)c2ccc(Cl)cc2)c2ccc(OC)cc12. The number of esters is 1. The van der Waals surface area contributed by atoms with Crippen LogP contribution in [0.2, 0.25) is 5.02 Å². The van der Waals surface area contributed by atoms with Gasteiger partial charge in [-0.05, 0) is 73.5 Å². The number of methoxy groups -OCH3 is 2. The lowest BCUT2D eigenvalue weighted by atomic mass is 9.87. The van der Waals surface area contributed by atoms with Gasteiger partial charge in [0.15, 0.2) is 5.82 Å². The van der Waals surface area contributed by atoms with E-state index >= 15 is 0 Å². The van der Waals surface area contributed by atoms with Crippen LogP contribution in [0.4, 0.5) is 5.82 Å². The second-order valence-corrected chi connectivity index (χ2v) is 11.4. The molecule has 236 valence electrons. The third kappa shape index (κ3) is 4.74. The quantitative estimate of drug-likeness (QED) is 0.221. The standard InChI is InChI=1S/C32H29ClN6O7/c1-16-26(20-12-19(44-2)8-9-22(20)38(16)30(42)17-4-6-18(33)7-5-17)21(31(43)45-3)13-24-27(40)28(41)32(14-34,46-24)25-11-10-23-29(35)36-15-37-39(23)25/h4-12,15,21,24,27-28,40-41H,13H2,1-3H3,(H2,35,36,37)/t21?,24-,27-,28-,32+/m1/s1. The first-order valence-corrected chi connectivity index (χ1v) is 14.5. The second kappa shape index (κ2) is 11.7. The van der Waals surface area contributed by atoms with Crippen molar-refractivity contribution >= 4 is 45.7 Å². The van der Waals surface area contributed by atoms with Crippen LogP contribution in [0.25, 0.3) is 16.4 Å². The number of aliphatic hydroxyl groups is 2. The fourth-order valence-electron chi connectivity index (χ4n) is 6.28. The molecule has 5 aromatic rings. The Kier molecular flexibility index (Phi) is 7.91. The monoisotopic (exact) mass is 644 g/mol. The van der Waals surface area contributed by atoms with E-state index in [1.165, 1.54) is 35.7 Å². The van der Waals surface area contributed by atoms with Gasteiger partial charge in [0.2, 0.25) is 5.60 Å². The van der Waals surface area contributed by atoms with E-state index < -0.39 is 35.8 Å². The topological polar surface area (TPSA) is 187 Å². The van der Waals surface area contributed by atoms with Gasteiger partial charge >= 0.3 is 5.97 Å². The van der Waals surface area contributed by atoms with Crippen molar-refractivity contribution in [3.63, 3.8) is 0 Å². The number of halogens is 1. The Hall–Kier alpha value is -5.00. The normalized spacial score (nSPS) is 21.7. The van der Waals surface area contributed by atoms with Crippen molar-refractivity contribution in [1.29, 1.82) is 5.26 Å². The van der Waals surface area contributed by atoms with Gasteiger partial charge in [-0.25, -0.2) is 9.50 Å². The first-order chi connectivity index (χ1) is 22.1. The molecular weight excluding hydrogens is 616 g/mol. The number of rotatable bonds is 7. The number of nitriles is 1. The van der Waals surface area contributed by atoms with Crippen LogP contribution in [0.15, 0.2) is 60.9 Å². The summed E-state index contributed by atoms with van der Waals surface area (Å²) in [4.78, 5) is 31.3. The Morgan fingerprint density at radius 1 is 1.15 bits per heavy atom. The van der Waals surface area contributed by atoms with Crippen LogP contribution in [0, 0.1) is 18.3 Å². The molecule has 0 amide bonds. The van der Waals surface area contributed by atoms with Crippen LogP contribution in [-0.2, 0) is 19.9 Å². The highest BCUT2D eigenvalue weighted by molar-refractivity contribution is 6.30. The molecule has 0 radical (unpaired) electrons. The Labute approximate surface area is 267 Å².